The monoisotopic (exact) mass is 298 g/mol. The van der Waals surface area contributed by atoms with Crippen LogP contribution >= 0.6 is 0 Å². The minimum atomic E-state index is -0.969. The smallest absolute Gasteiger partial charge is 0.276 e. The molecule has 1 aromatic rings. The summed E-state index contributed by atoms with van der Waals surface area (Å²) >= 11 is 0. The largest absolute Gasteiger partial charge is 0.394 e. The van der Waals surface area contributed by atoms with Gasteiger partial charge in [-0.25, -0.2) is 13.8 Å². The fourth-order valence-corrected chi connectivity index (χ4v) is 3.16. The zero-order valence-corrected chi connectivity index (χ0v) is 12.3. The van der Waals surface area contributed by atoms with Crippen molar-refractivity contribution in [2.45, 2.75) is 38.6 Å². The van der Waals surface area contributed by atoms with Crippen molar-refractivity contribution in [1.29, 1.82) is 0 Å². The number of halogens is 2. The quantitative estimate of drug-likeness (QED) is 0.928. The van der Waals surface area contributed by atoms with E-state index >= 15 is 0 Å². The molecular formula is C15H20F2N2O2. The normalized spacial score (nSPS) is 22.1. The molecule has 0 bridgehead atoms. The molecule has 0 radical (unpaired) electrons. The fraction of sp³-hybridized carbons (Fsp3) is 0.600. The number of rotatable bonds is 4. The van der Waals surface area contributed by atoms with Crippen molar-refractivity contribution in [3.8, 4) is 0 Å². The number of aromatic nitrogens is 1. The number of likely N-dealkylation sites (tertiary alicyclic amines) is 1. The molecule has 0 unspecified atom stereocenters. The van der Waals surface area contributed by atoms with E-state index in [2.05, 4.69) is 4.98 Å². The summed E-state index contributed by atoms with van der Waals surface area (Å²) in [6.07, 6.45) is 2.89. The van der Waals surface area contributed by atoms with Crippen LogP contribution in [0.4, 0.5) is 8.78 Å². The van der Waals surface area contributed by atoms with Gasteiger partial charge in [0.2, 0.25) is 0 Å². The zero-order valence-electron chi connectivity index (χ0n) is 12.3. The van der Waals surface area contributed by atoms with Crippen LogP contribution in [0.5, 0.6) is 0 Å². The van der Waals surface area contributed by atoms with Crippen molar-refractivity contribution in [2.75, 3.05) is 13.2 Å². The molecule has 1 aromatic heterocycles. The van der Waals surface area contributed by atoms with Crippen molar-refractivity contribution in [3.05, 3.63) is 29.6 Å². The maximum atomic E-state index is 13.8. The Balaban J connectivity index is 2.32. The third kappa shape index (κ3) is 3.05. The lowest BCUT2D eigenvalue weighted by atomic mass is 9.87. The van der Waals surface area contributed by atoms with E-state index in [1.165, 1.54) is 4.90 Å². The second-order valence-electron chi connectivity index (χ2n) is 6.02. The molecule has 0 saturated carbocycles. The Kier molecular flexibility index (Phi) is 4.56. The number of pyridine rings is 1. The third-order valence-corrected chi connectivity index (χ3v) is 3.93. The van der Waals surface area contributed by atoms with Gasteiger partial charge in [0.05, 0.1) is 18.3 Å². The average Bonchev–Trinajstić information content (AvgIpc) is 2.81. The van der Waals surface area contributed by atoms with Gasteiger partial charge in [-0.1, -0.05) is 13.8 Å². The zero-order chi connectivity index (χ0) is 15.6. The third-order valence-electron chi connectivity index (χ3n) is 3.93. The van der Waals surface area contributed by atoms with Crippen LogP contribution in [0.25, 0.3) is 0 Å². The molecule has 1 fully saturated rings. The van der Waals surface area contributed by atoms with E-state index in [4.69, 9.17) is 0 Å². The Bertz CT molecular complexity index is 536. The molecule has 116 valence electrons. The lowest BCUT2D eigenvalue weighted by molar-refractivity contribution is 0.0323. The van der Waals surface area contributed by atoms with Gasteiger partial charge in [0.1, 0.15) is 5.82 Å². The molecule has 2 heterocycles. The number of amides is 1. The lowest BCUT2D eigenvalue weighted by Crippen LogP contribution is -2.51. The fourth-order valence-electron chi connectivity index (χ4n) is 3.16. The van der Waals surface area contributed by atoms with Crippen LogP contribution in [0.2, 0.25) is 0 Å². The second-order valence-corrected chi connectivity index (χ2v) is 6.02. The summed E-state index contributed by atoms with van der Waals surface area (Å²) in [5, 5.41) is 9.78. The Hall–Kier alpha value is -1.56. The first-order valence-corrected chi connectivity index (χ1v) is 7.13. The molecule has 6 heteroatoms. The highest BCUT2D eigenvalue weighted by molar-refractivity contribution is 5.93. The van der Waals surface area contributed by atoms with Gasteiger partial charge in [0.25, 0.3) is 5.91 Å². The highest BCUT2D eigenvalue weighted by atomic mass is 19.1. The van der Waals surface area contributed by atoms with Gasteiger partial charge < -0.3 is 10.0 Å². The van der Waals surface area contributed by atoms with Crippen LogP contribution in [0, 0.1) is 17.6 Å². The molecule has 0 aromatic carbocycles. The molecular weight excluding hydrogens is 278 g/mol. The lowest BCUT2D eigenvalue weighted by Gasteiger charge is -2.38. The Morgan fingerprint density at radius 3 is 2.81 bits per heavy atom. The van der Waals surface area contributed by atoms with Crippen molar-refractivity contribution in [2.24, 2.45) is 5.92 Å². The number of carbonyl (C=O) groups is 1. The highest BCUT2D eigenvalue weighted by Crippen LogP contribution is 2.35. The molecule has 0 spiro atoms. The van der Waals surface area contributed by atoms with Gasteiger partial charge in [0, 0.05) is 12.6 Å². The van der Waals surface area contributed by atoms with Gasteiger partial charge in [-0.15, -0.1) is 0 Å². The van der Waals surface area contributed by atoms with Gasteiger partial charge in [0.15, 0.2) is 11.5 Å². The number of hydrogen-bond acceptors (Lipinski definition) is 3. The van der Waals surface area contributed by atoms with E-state index in [1.807, 2.05) is 13.8 Å². The molecule has 1 saturated heterocycles. The van der Waals surface area contributed by atoms with Crippen LogP contribution in [-0.4, -0.2) is 39.6 Å². The molecule has 1 amide bonds. The highest BCUT2D eigenvalue weighted by Gasteiger charge is 2.44. The van der Waals surface area contributed by atoms with Crippen molar-refractivity contribution in [1.82, 2.24) is 9.88 Å². The molecule has 1 atom stereocenters. The first-order valence-electron chi connectivity index (χ1n) is 7.13. The minimum absolute atomic E-state index is 0.167. The number of aliphatic hydroxyl groups is 1. The Morgan fingerprint density at radius 2 is 2.24 bits per heavy atom. The van der Waals surface area contributed by atoms with Crippen molar-refractivity contribution >= 4 is 5.91 Å². The molecule has 4 nitrogen and oxygen atoms in total. The Labute approximate surface area is 122 Å². The Morgan fingerprint density at radius 1 is 1.52 bits per heavy atom. The molecule has 1 aliphatic rings. The molecule has 21 heavy (non-hydrogen) atoms. The van der Waals surface area contributed by atoms with Crippen LogP contribution in [0.1, 0.15) is 43.6 Å². The van der Waals surface area contributed by atoms with E-state index < -0.39 is 23.1 Å². The summed E-state index contributed by atoms with van der Waals surface area (Å²) in [7, 11) is 0. The summed E-state index contributed by atoms with van der Waals surface area (Å²) < 4.78 is 26.7. The van der Waals surface area contributed by atoms with Crippen molar-refractivity contribution < 1.29 is 18.7 Å². The summed E-state index contributed by atoms with van der Waals surface area (Å²) in [5.41, 5.74) is -1.06. The van der Waals surface area contributed by atoms with E-state index in [-0.39, 0.29) is 18.2 Å². The predicted octanol–water partition coefficient (Wildman–Crippen LogP) is 2.37. The molecule has 1 aliphatic heterocycles. The van der Waals surface area contributed by atoms with Gasteiger partial charge in [-0.2, -0.15) is 0 Å². The van der Waals surface area contributed by atoms with Gasteiger partial charge in [-0.05, 0) is 25.2 Å². The summed E-state index contributed by atoms with van der Waals surface area (Å²) in [5.74, 6) is -2.08. The van der Waals surface area contributed by atoms with Crippen LogP contribution in [-0.2, 0) is 0 Å². The van der Waals surface area contributed by atoms with Crippen LogP contribution < -0.4 is 0 Å². The number of hydrogen-bond donors (Lipinski definition) is 1. The maximum Gasteiger partial charge on any atom is 0.276 e. The molecule has 0 aliphatic carbocycles. The predicted molar refractivity (Wildman–Crippen MR) is 73.7 cm³/mol. The van der Waals surface area contributed by atoms with Crippen LogP contribution in [0.3, 0.4) is 0 Å². The topological polar surface area (TPSA) is 53.4 Å². The molecule has 1 N–H and O–H groups in total. The average molecular weight is 298 g/mol. The minimum Gasteiger partial charge on any atom is -0.394 e. The summed E-state index contributed by atoms with van der Waals surface area (Å²) in [4.78, 5) is 17.6. The summed E-state index contributed by atoms with van der Waals surface area (Å²) in [6, 6.07) is 0.652. The summed E-state index contributed by atoms with van der Waals surface area (Å²) in [6.45, 7) is 4.30. The van der Waals surface area contributed by atoms with E-state index in [0.717, 1.165) is 12.6 Å². The first kappa shape index (κ1) is 15.8. The first-order chi connectivity index (χ1) is 9.89. The van der Waals surface area contributed by atoms with E-state index in [1.54, 1.807) is 0 Å². The van der Waals surface area contributed by atoms with E-state index in [9.17, 15) is 18.7 Å². The SMILES string of the molecule is CC(C)C[C@]1(CO)CCCN1C(=O)c1ncc(F)cc1F. The standard InChI is InChI=1S/C15H20F2N2O2/c1-10(2)7-15(9-20)4-3-5-19(15)14(21)13-12(17)6-11(16)8-18-13/h6,8,10,20H,3-5,7,9H2,1-2H3/t15-/m0/s1. The van der Waals surface area contributed by atoms with E-state index in [0.29, 0.717) is 25.5 Å². The van der Waals surface area contributed by atoms with Gasteiger partial charge in [-0.3, -0.25) is 4.79 Å². The maximum absolute atomic E-state index is 13.8. The van der Waals surface area contributed by atoms with Gasteiger partial charge >= 0.3 is 0 Å². The van der Waals surface area contributed by atoms with Crippen molar-refractivity contribution in [3.63, 3.8) is 0 Å². The number of carbonyl (C=O) groups excluding carboxylic acids is 1. The molecule has 2 rings (SSSR count). The number of aliphatic hydroxyl groups excluding tert-OH is 1. The second kappa shape index (κ2) is 6.05. The number of nitrogens with zero attached hydrogens (tertiary/aromatic N) is 2. The van der Waals surface area contributed by atoms with Crippen LogP contribution in [0.15, 0.2) is 12.3 Å².